The SMILES string of the molecule is CC(=O)N1c2ccncc2NC2=C(C(=O)CC(C)(C)C2)C1c1ccc(OCc2ccc(-n3cccn3)cc2)cc1Cl. The van der Waals surface area contributed by atoms with E-state index in [2.05, 4.69) is 29.2 Å². The number of aromatic nitrogens is 3. The van der Waals surface area contributed by atoms with Gasteiger partial charge in [-0.2, -0.15) is 5.10 Å². The van der Waals surface area contributed by atoms with Gasteiger partial charge < -0.3 is 10.1 Å². The van der Waals surface area contributed by atoms with E-state index in [1.54, 1.807) is 40.3 Å². The van der Waals surface area contributed by atoms with Crippen LogP contribution in [-0.4, -0.2) is 26.5 Å². The molecule has 8 nitrogen and oxygen atoms in total. The topological polar surface area (TPSA) is 89.4 Å². The summed E-state index contributed by atoms with van der Waals surface area (Å²) < 4.78 is 7.87. The molecule has 208 valence electrons. The van der Waals surface area contributed by atoms with E-state index in [1.165, 1.54) is 6.92 Å². The molecule has 0 radical (unpaired) electrons. The first-order chi connectivity index (χ1) is 19.7. The van der Waals surface area contributed by atoms with Crippen LogP contribution in [-0.2, 0) is 16.2 Å². The molecule has 1 atom stereocenters. The zero-order valence-electron chi connectivity index (χ0n) is 23.1. The predicted octanol–water partition coefficient (Wildman–Crippen LogP) is 6.66. The Morgan fingerprint density at radius 1 is 1.12 bits per heavy atom. The Labute approximate surface area is 243 Å². The number of nitrogens with zero attached hydrogens (tertiary/aromatic N) is 4. The first-order valence-electron chi connectivity index (χ1n) is 13.5. The van der Waals surface area contributed by atoms with Crippen LogP contribution in [0.1, 0.15) is 50.8 Å². The molecule has 9 heteroatoms. The Hall–Kier alpha value is -4.43. The molecule has 1 unspecified atom stereocenters. The predicted molar refractivity (Wildman–Crippen MR) is 158 cm³/mol. The van der Waals surface area contributed by atoms with E-state index in [9.17, 15) is 9.59 Å². The van der Waals surface area contributed by atoms with Crippen LogP contribution in [0.3, 0.4) is 0 Å². The Balaban J connectivity index is 1.33. The smallest absolute Gasteiger partial charge is 0.224 e. The second-order valence-electron chi connectivity index (χ2n) is 11.2. The van der Waals surface area contributed by atoms with Crippen LogP contribution in [0.5, 0.6) is 5.75 Å². The molecule has 6 rings (SSSR count). The van der Waals surface area contributed by atoms with Crippen LogP contribution in [0.4, 0.5) is 11.4 Å². The number of fused-ring (bicyclic) bond motifs is 1. The van der Waals surface area contributed by atoms with E-state index in [0.29, 0.717) is 52.7 Å². The average molecular weight is 568 g/mol. The normalized spacial score (nSPS) is 17.8. The highest BCUT2D eigenvalue weighted by Gasteiger charge is 2.43. The Morgan fingerprint density at radius 2 is 1.93 bits per heavy atom. The number of ketones is 1. The van der Waals surface area contributed by atoms with E-state index in [0.717, 1.165) is 16.9 Å². The Bertz CT molecular complexity index is 1660. The highest BCUT2D eigenvalue weighted by Crippen LogP contribution is 2.49. The Kier molecular flexibility index (Phi) is 6.87. The lowest BCUT2D eigenvalue weighted by Crippen LogP contribution is -2.38. The number of carbonyl (C=O) groups excluding carboxylic acids is 2. The number of hydrogen-bond donors (Lipinski definition) is 1. The molecule has 1 aliphatic heterocycles. The lowest BCUT2D eigenvalue weighted by atomic mass is 9.73. The van der Waals surface area contributed by atoms with Gasteiger partial charge in [0.1, 0.15) is 12.4 Å². The van der Waals surface area contributed by atoms with Crippen molar-refractivity contribution in [1.82, 2.24) is 14.8 Å². The number of allylic oxidation sites excluding steroid dienone is 1. The minimum atomic E-state index is -0.696. The van der Waals surface area contributed by atoms with E-state index in [1.807, 2.05) is 48.7 Å². The van der Waals surface area contributed by atoms with Crippen molar-refractivity contribution < 1.29 is 14.3 Å². The third-order valence-corrected chi connectivity index (χ3v) is 7.84. The molecule has 41 heavy (non-hydrogen) atoms. The third-order valence-electron chi connectivity index (χ3n) is 7.51. The van der Waals surface area contributed by atoms with Crippen molar-refractivity contribution in [3.05, 3.63) is 107 Å². The molecule has 2 aromatic heterocycles. The minimum absolute atomic E-state index is 0.00397. The van der Waals surface area contributed by atoms with Crippen molar-refractivity contribution in [3.8, 4) is 11.4 Å². The second-order valence-corrected chi connectivity index (χ2v) is 11.6. The molecule has 4 aromatic rings. The zero-order chi connectivity index (χ0) is 28.7. The molecule has 0 spiro atoms. The summed E-state index contributed by atoms with van der Waals surface area (Å²) in [4.78, 5) is 32.8. The van der Waals surface area contributed by atoms with Crippen LogP contribution in [0.15, 0.2) is 90.7 Å². The quantitative estimate of drug-likeness (QED) is 0.290. The third kappa shape index (κ3) is 5.23. The van der Waals surface area contributed by atoms with Gasteiger partial charge in [-0.1, -0.05) is 43.6 Å². The highest BCUT2D eigenvalue weighted by atomic mass is 35.5. The number of Topliss-reactive ketones (excluding diaryl/α,β-unsaturated/α-hetero) is 1. The van der Waals surface area contributed by atoms with Crippen LogP contribution >= 0.6 is 11.6 Å². The van der Waals surface area contributed by atoms with Crippen molar-refractivity contribution >= 4 is 34.7 Å². The van der Waals surface area contributed by atoms with Crippen molar-refractivity contribution in [2.45, 2.75) is 46.3 Å². The summed E-state index contributed by atoms with van der Waals surface area (Å²) in [6.45, 7) is 6.01. The van der Waals surface area contributed by atoms with Crippen LogP contribution < -0.4 is 15.0 Å². The molecule has 1 aliphatic carbocycles. The second kappa shape index (κ2) is 10.5. The number of carbonyl (C=O) groups is 2. The zero-order valence-corrected chi connectivity index (χ0v) is 23.9. The van der Waals surface area contributed by atoms with Gasteiger partial charge in [-0.3, -0.25) is 19.5 Å². The van der Waals surface area contributed by atoms with Crippen LogP contribution in [0, 0.1) is 5.41 Å². The summed E-state index contributed by atoms with van der Waals surface area (Å²) >= 11 is 6.91. The first-order valence-corrected chi connectivity index (χ1v) is 13.9. The molecule has 1 amide bonds. The van der Waals surface area contributed by atoms with Crippen LogP contribution in [0.25, 0.3) is 5.69 Å². The maximum atomic E-state index is 13.7. The number of hydrogen-bond acceptors (Lipinski definition) is 6. The summed E-state index contributed by atoms with van der Waals surface area (Å²) in [6.07, 6.45) is 7.99. The van der Waals surface area contributed by atoms with Gasteiger partial charge in [0.2, 0.25) is 5.91 Å². The van der Waals surface area contributed by atoms with Gasteiger partial charge in [-0.05, 0) is 59.4 Å². The van der Waals surface area contributed by atoms with Gasteiger partial charge in [0, 0.05) is 48.2 Å². The molecule has 0 bridgehead atoms. The summed E-state index contributed by atoms with van der Waals surface area (Å²) in [5.41, 5.74) is 5.07. The van der Waals surface area contributed by atoms with E-state index in [4.69, 9.17) is 16.3 Å². The maximum absolute atomic E-state index is 13.7. The van der Waals surface area contributed by atoms with Crippen molar-refractivity contribution in [2.24, 2.45) is 5.41 Å². The summed E-state index contributed by atoms with van der Waals surface area (Å²) in [7, 11) is 0. The number of ether oxygens (including phenoxy) is 1. The molecule has 0 saturated carbocycles. The molecule has 0 fully saturated rings. The van der Waals surface area contributed by atoms with Gasteiger partial charge in [0.15, 0.2) is 5.78 Å². The van der Waals surface area contributed by atoms with E-state index in [-0.39, 0.29) is 17.1 Å². The number of benzene rings is 2. The van der Waals surface area contributed by atoms with Crippen molar-refractivity contribution in [3.63, 3.8) is 0 Å². The van der Waals surface area contributed by atoms with Gasteiger partial charge in [0.05, 0.1) is 29.3 Å². The standard InChI is InChI=1S/C32H30ClN5O3/c1-20(39)38-28-11-13-34-18-27(28)36-26-16-32(2,3)17-29(40)30(26)31(38)24-10-9-23(15-25(24)33)41-19-21-5-7-22(8-6-21)37-14-4-12-35-37/h4-15,18,31,36H,16-17,19H2,1-3H3. The monoisotopic (exact) mass is 567 g/mol. The highest BCUT2D eigenvalue weighted by molar-refractivity contribution is 6.31. The number of rotatable bonds is 5. The average Bonchev–Trinajstić information content (AvgIpc) is 3.42. The molecule has 3 heterocycles. The van der Waals surface area contributed by atoms with E-state index >= 15 is 0 Å². The summed E-state index contributed by atoms with van der Waals surface area (Å²) in [6, 6.07) is 16.4. The maximum Gasteiger partial charge on any atom is 0.224 e. The van der Waals surface area contributed by atoms with Gasteiger partial charge in [0.25, 0.3) is 0 Å². The summed E-state index contributed by atoms with van der Waals surface area (Å²) in [5.74, 6) is 0.382. The molecule has 2 aromatic carbocycles. The number of amides is 1. The lowest BCUT2D eigenvalue weighted by Gasteiger charge is -2.37. The fourth-order valence-electron chi connectivity index (χ4n) is 5.69. The fraction of sp³-hybridized carbons (Fsp3) is 0.250. The fourth-order valence-corrected chi connectivity index (χ4v) is 5.96. The summed E-state index contributed by atoms with van der Waals surface area (Å²) in [5, 5.41) is 8.11. The molecular formula is C32H30ClN5O3. The molecule has 0 saturated heterocycles. The van der Waals surface area contributed by atoms with Crippen molar-refractivity contribution in [2.75, 3.05) is 10.2 Å². The molecule has 2 aliphatic rings. The van der Waals surface area contributed by atoms with Crippen LogP contribution in [0.2, 0.25) is 5.02 Å². The van der Waals surface area contributed by atoms with E-state index < -0.39 is 6.04 Å². The number of nitrogens with one attached hydrogen (secondary N) is 1. The van der Waals surface area contributed by atoms with Gasteiger partial charge >= 0.3 is 0 Å². The first kappa shape index (κ1) is 26.8. The molecular weight excluding hydrogens is 538 g/mol. The lowest BCUT2D eigenvalue weighted by molar-refractivity contribution is -0.118. The number of halogens is 1. The number of pyridine rings is 1. The largest absolute Gasteiger partial charge is 0.489 e. The number of anilines is 2. The Morgan fingerprint density at radius 3 is 2.63 bits per heavy atom. The van der Waals surface area contributed by atoms with Gasteiger partial charge in [-0.25, -0.2) is 4.68 Å². The van der Waals surface area contributed by atoms with Crippen molar-refractivity contribution in [1.29, 1.82) is 0 Å². The molecule has 1 N–H and O–H groups in total. The van der Waals surface area contributed by atoms with Gasteiger partial charge in [-0.15, -0.1) is 0 Å². The minimum Gasteiger partial charge on any atom is -0.489 e.